The molecule has 0 aliphatic carbocycles. The molecule has 0 bridgehead atoms. The lowest BCUT2D eigenvalue weighted by Gasteiger charge is -2.22. The molecule has 1 aliphatic heterocycles. The molecule has 2 N–H and O–H groups in total. The molecule has 1 unspecified atom stereocenters. The lowest BCUT2D eigenvalue weighted by atomic mass is 10.3. The summed E-state index contributed by atoms with van der Waals surface area (Å²) in [6.45, 7) is 1.99. The second kappa shape index (κ2) is 5.60. The quantitative estimate of drug-likeness (QED) is 0.745. The Kier molecular flexibility index (Phi) is 3.89. The van der Waals surface area contributed by atoms with Crippen LogP contribution in [-0.4, -0.2) is 43.4 Å². The van der Waals surface area contributed by atoms with E-state index in [0.29, 0.717) is 26.4 Å². The fourth-order valence-corrected chi connectivity index (χ4v) is 1.54. The monoisotopic (exact) mass is 238 g/mol. The molecule has 0 spiro atoms. The molecular weight excluding hydrogens is 224 g/mol. The average Bonchev–Trinajstić information content (AvgIpc) is 2.37. The number of pyridine rings is 1. The van der Waals surface area contributed by atoms with Crippen molar-refractivity contribution >= 4 is 5.91 Å². The van der Waals surface area contributed by atoms with Gasteiger partial charge in [0.2, 0.25) is 5.56 Å². The van der Waals surface area contributed by atoms with E-state index in [1.165, 1.54) is 12.1 Å². The molecule has 1 aliphatic rings. The minimum atomic E-state index is -0.322. The maximum Gasteiger partial charge on any atom is 0.267 e. The second-order valence-corrected chi connectivity index (χ2v) is 3.71. The number of amides is 1. The third kappa shape index (κ3) is 3.40. The van der Waals surface area contributed by atoms with Crippen LogP contribution in [-0.2, 0) is 9.47 Å². The molecule has 1 fully saturated rings. The van der Waals surface area contributed by atoms with Crippen molar-refractivity contribution < 1.29 is 14.3 Å². The Bertz CT molecular complexity index is 437. The highest BCUT2D eigenvalue weighted by molar-refractivity contribution is 5.92. The Balaban J connectivity index is 1.86. The number of ether oxygens (including phenoxy) is 2. The Hall–Kier alpha value is -1.66. The van der Waals surface area contributed by atoms with E-state index in [4.69, 9.17) is 9.47 Å². The predicted octanol–water partition coefficient (Wildman–Crippen LogP) is -0.480. The van der Waals surface area contributed by atoms with Crippen LogP contribution in [0.2, 0.25) is 0 Å². The van der Waals surface area contributed by atoms with E-state index in [1.807, 2.05) is 0 Å². The lowest BCUT2D eigenvalue weighted by Crippen LogP contribution is -2.40. The van der Waals surface area contributed by atoms with Crippen LogP contribution in [0, 0.1) is 0 Å². The van der Waals surface area contributed by atoms with Gasteiger partial charge in [-0.15, -0.1) is 0 Å². The molecule has 6 heteroatoms. The Morgan fingerprint density at radius 3 is 3.06 bits per heavy atom. The summed E-state index contributed by atoms with van der Waals surface area (Å²) in [4.78, 5) is 25.1. The number of aromatic amines is 1. The molecule has 0 saturated carbocycles. The molecule has 6 nitrogen and oxygen atoms in total. The highest BCUT2D eigenvalue weighted by atomic mass is 16.6. The van der Waals surface area contributed by atoms with Crippen molar-refractivity contribution in [2.45, 2.75) is 6.10 Å². The number of H-pyrrole nitrogens is 1. The number of carbonyl (C=O) groups excluding carboxylic acids is 1. The van der Waals surface area contributed by atoms with Gasteiger partial charge >= 0.3 is 0 Å². The van der Waals surface area contributed by atoms with Crippen molar-refractivity contribution in [2.24, 2.45) is 0 Å². The summed E-state index contributed by atoms with van der Waals surface area (Å²) >= 11 is 0. The molecule has 0 aromatic carbocycles. The smallest absolute Gasteiger partial charge is 0.267 e. The molecule has 2 rings (SSSR count). The maximum absolute atomic E-state index is 11.7. The minimum absolute atomic E-state index is 0.122. The van der Waals surface area contributed by atoms with Gasteiger partial charge < -0.3 is 19.8 Å². The zero-order valence-corrected chi connectivity index (χ0v) is 9.27. The van der Waals surface area contributed by atoms with Gasteiger partial charge in [-0.05, 0) is 6.07 Å². The highest BCUT2D eigenvalue weighted by Gasteiger charge is 2.15. The first kappa shape index (κ1) is 11.8. The van der Waals surface area contributed by atoms with Crippen LogP contribution >= 0.6 is 0 Å². The summed E-state index contributed by atoms with van der Waals surface area (Å²) in [6, 6.07) is 4.44. The van der Waals surface area contributed by atoms with Crippen LogP contribution in [0.5, 0.6) is 0 Å². The van der Waals surface area contributed by atoms with E-state index < -0.39 is 0 Å². The van der Waals surface area contributed by atoms with Gasteiger partial charge in [-0.25, -0.2) is 0 Å². The average molecular weight is 238 g/mol. The van der Waals surface area contributed by atoms with E-state index in [2.05, 4.69) is 10.3 Å². The molecule has 1 atom stereocenters. The van der Waals surface area contributed by atoms with E-state index >= 15 is 0 Å². The van der Waals surface area contributed by atoms with Crippen molar-refractivity contribution in [3.05, 3.63) is 34.2 Å². The molecule has 1 saturated heterocycles. The van der Waals surface area contributed by atoms with Gasteiger partial charge in [0, 0.05) is 12.6 Å². The lowest BCUT2D eigenvalue weighted by molar-refractivity contribution is -0.0855. The summed E-state index contributed by atoms with van der Waals surface area (Å²) in [7, 11) is 0. The summed E-state index contributed by atoms with van der Waals surface area (Å²) in [5, 5.41) is 2.68. The zero-order valence-electron chi connectivity index (χ0n) is 9.27. The number of rotatable bonds is 3. The van der Waals surface area contributed by atoms with Crippen molar-refractivity contribution in [3.63, 3.8) is 0 Å². The Morgan fingerprint density at radius 1 is 1.47 bits per heavy atom. The summed E-state index contributed by atoms with van der Waals surface area (Å²) in [5.41, 5.74) is -0.0517. The van der Waals surface area contributed by atoms with Crippen LogP contribution in [0.15, 0.2) is 23.0 Å². The molecule has 1 amide bonds. The maximum atomic E-state index is 11.7. The summed E-state index contributed by atoms with van der Waals surface area (Å²) < 4.78 is 10.6. The standard InChI is InChI=1S/C11H14N2O4/c14-10-3-1-2-9(13-10)11(15)12-6-8-7-16-4-5-17-8/h1-3,8H,4-7H2,(H,12,15)(H,13,14). The molecular formula is C11H14N2O4. The molecule has 0 radical (unpaired) electrons. The largest absolute Gasteiger partial charge is 0.376 e. The van der Waals surface area contributed by atoms with Crippen LogP contribution in [0.1, 0.15) is 10.5 Å². The SMILES string of the molecule is O=C(NCC1COCCO1)c1cccc(=O)[nH]1. The van der Waals surface area contributed by atoms with Crippen molar-refractivity contribution in [2.75, 3.05) is 26.4 Å². The Morgan fingerprint density at radius 2 is 2.35 bits per heavy atom. The van der Waals surface area contributed by atoms with Gasteiger partial charge in [-0.3, -0.25) is 9.59 Å². The van der Waals surface area contributed by atoms with Crippen molar-refractivity contribution in [1.29, 1.82) is 0 Å². The van der Waals surface area contributed by atoms with Gasteiger partial charge in [-0.2, -0.15) is 0 Å². The summed E-state index contributed by atoms with van der Waals surface area (Å²) in [5.74, 6) is -0.322. The molecule has 1 aromatic rings. The molecule has 2 heterocycles. The third-order valence-corrected chi connectivity index (χ3v) is 2.39. The van der Waals surface area contributed by atoms with E-state index in [9.17, 15) is 9.59 Å². The van der Waals surface area contributed by atoms with Gasteiger partial charge in [0.25, 0.3) is 5.91 Å². The van der Waals surface area contributed by atoms with Crippen molar-refractivity contribution in [1.82, 2.24) is 10.3 Å². The number of carbonyl (C=O) groups is 1. The number of hydrogen-bond acceptors (Lipinski definition) is 4. The first-order valence-electron chi connectivity index (χ1n) is 5.42. The van der Waals surface area contributed by atoms with Crippen LogP contribution in [0.3, 0.4) is 0 Å². The van der Waals surface area contributed by atoms with Gasteiger partial charge in [0.1, 0.15) is 5.69 Å². The predicted molar refractivity (Wildman–Crippen MR) is 60.0 cm³/mol. The minimum Gasteiger partial charge on any atom is -0.376 e. The van der Waals surface area contributed by atoms with Gasteiger partial charge in [0.15, 0.2) is 0 Å². The zero-order chi connectivity index (χ0) is 12.1. The second-order valence-electron chi connectivity index (χ2n) is 3.71. The van der Waals surface area contributed by atoms with Gasteiger partial charge in [-0.1, -0.05) is 6.07 Å². The molecule has 17 heavy (non-hydrogen) atoms. The fourth-order valence-electron chi connectivity index (χ4n) is 1.54. The molecule has 92 valence electrons. The first-order valence-corrected chi connectivity index (χ1v) is 5.42. The van der Waals surface area contributed by atoms with Crippen molar-refractivity contribution in [3.8, 4) is 0 Å². The van der Waals surface area contributed by atoms with Crippen LogP contribution in [0.4, 0.5) is 0 Å². The molecule has 1 aromatic heterocycles. The van der Waals surface area contributed by atoms with E-state index in [1.54, 1.807) is 6.07 Å². The number of aromatic nitrogens is 1. The van der Waals surface area contributed by atoms with Crippen LogP contribution < -0.4 is 10.9 Å². The third-order valence-electron chi connectivity index (χ3n) is 2.39. The highest BCUT2D eigenvalue weighted by Crippen LogP contribution is 1.99. The number of hydrogen-bond donors (Lipinski definition) is 2. The van der Waals surface area contributed by atoms with Crippen LogP contribution in [0.25, 0.3) is 0 Å². The van der Waals surface area contributed by atoms with E-state index in [0.717, 1.165) is 0 Å². The summed E-state index contributed by atoms with van der Waals surface area (Å²) in [6.07, 6.45) is -0.122. The topological polar surface area (TPSA) is 80.4 Å². The Labute approximate surface area is 97.9 Å². The van der Waals surface area contributed by atoms with Gasteiger partial charge in [0.05, 0.1) is 25.9 Å². The normalized spacial score (nSPS) is 19.9. The van der Waals surface area contributed by atoms with E-state index in [-0.39, 0.29) is 23.3 Å². The number of nitrogens with one attached hydrogen (secondary N) is 2. The first-order chi connectivity index (χ1) is 8.25. The fraction of sp³-hybridized carbons (Fsp3) is 0.455.